The molecule has 7 rings (SSSR count). The quantitative estimate of drug-likeness (QED) is 0.244. The second-order valence-electron chi connectivity index (χ2n) is 9.06. The molecule has 0 radical (unpaired) electrons. The number of para-hydroxylation sites is 1. The summed E-state index contributed by atoms with van der Waals surface area (Å²) in [6.07, 6.45) is 0. The van der Waals surface area contributed by atoms with E-state index in [1.54, 1.807) is 0 Å². The number of hydrogen-bond acceptors (Lipinski definition) is 2. The van der Waals surface area contributed by atoms with Gasteiger partial charge in [-0.05, 0) is 70.4 Å². The first-order valence-electron chi connectivity index (χ1n) is 12.2. The summed E-state index contributed by atoms with van der Waals surface area (Å²) in [6.45, 7) is 0. The lowest BCUT2D eigenvalue weighted by molar-refractivity contribution is 1.29. The maximum atomic E-state index is 2.36. The Hall–Kier alpha value is -4.40. The highest BCUT2D eigenvalue weighted by atomic mass is 32.1. The zero-order valence-electron chi connectivity index (χ0n) is 19.6. The van der Waals surface area contributed by atoms with E-state index in [0.29, 0.717) is 0 Å². The molecule has 1 heterocycles. The molecule has 0 aliphatic rings. The first-order valence-corrected chi connectivity index (χ1v) is 13.0. The Morgan fingerprint density at radius 1 is 0.389 bits per heavy atom. The van der Waals surface area contributed by atoms with Gasteiger partial charge in [-0.3, -0.25) is 0 Å². The Bertz CT molecular complexity index is 1850. The molecular weight excluding hydrogens is 454 g/mol. The minimum absolute atomic E-state index is 1.15. The van der Waals surface area contributed by atoms with Gasteiger partial charge in [0, 0.05) is 37.2 Å². The predicted octanol–water partition coefficient (Wildman–Crippen LogP) is 10.3. The largest absolute Gasteiger partial charge is 0.310 e. The van der Waals surface area contributed by atoms with Crippen LogP contribution in [-0.4, -0.2) is 0 Å². The van der Waals surface area contributed by atoms with E-state index < -0.39 is 0 Å². The summed E-state index contributed by atoms with van der Waals surface area (Å²) in [5.41, 5.74) is 5.89. The smallest absolute Gasteiger partial charge is 0.0476 e. The van der Waals surface area contributed by atoms with Crippen molar-refractivity contribution in [2.24, 2.45) is 0 Å². The van der Waals surface area contributed by atoms with E-state index in [2.05, 4.69) is 144 Å². The standard InChI is InChI=1S/C34H23NS/c1-2-12-28(13-3-1)35(30-19-20-32-31-15-6-7-16-33(31)36-34(32)23-30)29-14-8-11-26(22-29)27-18-17-24-9-4-5-10-25(24)21-27/h1-23H. The number of benzene rings is 6. The molecule has 7 aromatic rings. The Labute approximate surface area is 214 Å². The summed E-state index contributed by atoms with van der Waals surface area (Å²) in [6, 6.07) is 50.3. The van der Waals surface area contributed by atoms with Crippen molar-refractivity contribution >= 4 is 59.3 Å². The van der Waals surface area contributed by atoms with Crippen molar-refractivity contribution in [3.05, 3.63) is 140 Å². The molecule has 1 aromatic heterocycles. The van der Waals surface area contributed by atoms with Crippen LogP contribution in [0.5, 0.6) is 0 Å². The number of rotatable bonds is 4. The summed E-state index contributed by atoms with van der Waals surface area (Å²) >= 11 is 1.86. The molecule has 0 fully saturated rings. The number of hydrogen-bond donors (Lipinski definition) is 0. The van der Waals surface area contributed by atoms with Crippen LogP contribution in [-0.2, 0) is 0 Å². The van der Waals surface area contributed by atoms with Gasteiger partial charge in [0.2, 0.25) is 0 Å². The third-order valence-corrected chi connectivity index (χ3v) is 7.96. The molecule has 6 aromatic carbocycles. The van der Waals surface area contributed by atoms with E-state index in [-0.39, 0.29) is 0 Å². The molecule has 0 N–H and O–H groups in total. The molecule has 0 amide bonds. The average molecular weight is 478 g/mol. The zero-order valence-corrected chi connectivity index (χ0v) is 20.5. The molecule has 170 valence electrons. The molecule has 0 atom stereocenters. The Morgan fingerprint density at radius 3 is 2.00 bits per heavy atom. The highest BCUT2D eigenvalue weighted by molar-refractivity contribution is 7.25. The zero-order chi connectivity index (χ0) is 23.9. The molecule has 0 aliphatic heterocycles. The van der Waals surface area contributed by atoms with Crippen LogP contribution in [0.2, 0.25) is 0 Å². The van der Waals surface area contributed by atoms with Crippen LogP contribution in [0.4, 0.5) is 17.1 Å². The van der Waals surface area contributed by atoms with Gasteiger partial charge in [-0.2, -0.15) is 0 Å². The molecule has 2 heteroatoms. The third-order valence-electron chi connectivity index (χ3n) is 6.82. The van der Waals surface area contributed by atoms with E-state index in [0.717, 1.165) is 17.1 Å². The van der Waals surface area contributed by atoms with Gasteiger partial charge in [-0.1, -0.05) is 91.0 Å². The molecule has 0 saturated carbocycles. The summed E-state index contributed by atoms with van der Waals surface area (Å²) in [4.78, 5) is 2.36. The topological polar surface area (TPSA) is 3.24 Å². The first-order chi connectivity index (χ1) is 17.8. The fraction of sp³-hybridized carbons (Fsp3) is 0. The monoisotopic (exact) mass is 477 g/mol. The molecule has 1 nitrogen and oxygen atoms in total. The maximum Gasteiger partial charge on any atom is 0.0476 e. The minimum atomic E-state index is 1.15. The van der Waals surface area contributed by atoms with E-state index >= 15 is 0 Å². The highest BCUT2D eigenvalue weighted by Crippen LogP contribution is 2.41. The third kappa shape index (κ3) is 3.64. The second kappa shape index (κ2) is 8.67. The van der Waals surface area contributed by atoms with Gasteiger partial charge in [0.15, 0.2) is 0 Å². The van der Waals surface area contributed by atoms with Crippen molar-refractivity contribution < 1.29 is 0 Å². The van der Waals surface area contributed by atoms with Gasteiger partial charge >= 0.3 is 0 Å². The minimum Gasteiger partial charge on any atom is -0.310 e. The Balaban J connectivity index is 1.38. The summed E-state index contributed by atoms with van der Waals surface area (Å²) in [5.74, 6) is 0. The highest BCUT2D eigenvalue weighted by Gasteiger charge is 2.15. The first kappa shape index (κ1) is 20.9. The van der Waals surface area contributed by atoms with Crippen molar-refractivity contribution in [2.75, 3.05) is 4.90 Å². The van der Waals surface area contributed by atoms with Gasteiger partial charge < -0.3 is 4.90 Å². The van der Waals surface area contributed by atoms with Crippen LogP contribution in [0.3, 0.4) is 0 Å². The molecule has 0 saturated heterocycles. The van der Waals surface area contributed by atoms with Gasteiger partial charge in [-0.25, -0.2) is 0 Å². The second-order valence-corrected chi connectivity index (χ2v) is 10.1. The van der Waals surface area contributed by atoms with Crippen molar-refractivity contribution in [1.29, 1.82) is 0 Å². The van der Waals surface area contributed by atoms with Gasteiger partial charge in [-0.15, -0.1) is 11.3 Å². The molecule has 0 unspecified atom stereocenters. The van der Waals surface area contributed by atoms with E-state index in [1.807, 2.05) is 11.3 Å². The lowest BCUT2D eigenvalue weighted by Gasteiger charge is -2.26. The van der Waals surface area contributed by atoms with Crippen molar-refractivity contribution in [3.8, 4) is 11.1 Å². The van der Waals surface area contributed by atoms with Crippen LogP contribution in [0.25, 0.3) is 42.1 Å². The van der Waals surface area contributed by atoms with Crippen molar-refractivity contribution in [1.82, 2.24) is 0 Å². The lowest BCUT2D eigenvalue weighted by Crippen LogP contribution is -2.09. The SMILES string of the molecule is c1ccc(N(c2cccc(-c3ccc4ccccc4c3)c2)c2ccc3c(c2)sc2ccccc23)cc1. The molecule has 0 bridgehead atoms. The van der Waals surface area contributed by atoms with Crippen LogP contribution in [0, 0.1) is 0 Å². The van der Waals surface area contributed by atoms with Gasteiger partial charge in [0.05, 0.1) is 0 Å². The molecular formula is C34H23NS. The molecule has 0 aliphatic carbocycles. The van der Waals surface area contributed by atoms with Crippen LogP contribution >= 0.6 is 11.3 Å². The Kier molecular flexibility index (Phi) is 5.04. The van der Waals surface area contributed by atoms with Gasteiger partial charge in [0.25, 0.3) is 0 Å². The van der Waals surface area contributed by atoms with Crippen LogP contribution in [0.15, 0.2) is 140 Å². The number of thiophene rings is 1. The fourth-order valence-electron chi connectivity index (χ4n) is 5.07. The summed E-state index contributed by atoms with van der Waals surface area (Å²) in [7, 11) is 0. The predicted molar refractivity (Wildman–Crippen MR) is 157 cm³/mol. The summed E-state index contributed by atoms with van der Waals surface area (Å²) < 4.78 is 2.63. The number of nitrogens with zero attached hydrogens (tertiary/aromatic N) is 1. The van der Waals surface area contributed by atoms with E-state index in [4.69, 9.17) is 0 Å². The maximum absolute atomic E-state index is 2.36. The van der Waals surface area contributed by atoms with Crippen molar-refractivity contribution in [3.63, 3.8) is 0 Å². The number of anilines is 3. The molecule has 0 spiro atoms. The average Bonchev–Trinajstić information content (AvgIpc) is 3.32. The van der Waals surface area contributed by atoms with Crippen LogP contribution in [0.1, 0.15) is 0 Å². The molecule has 36 heavy (non-hydrogen) atoms. The lowest BCUT2D eigenvalue weighted by atomic mass is 10.0. The van der Waals surface area contributed by atoms with Gasteiger partial charge in [0.1, 0.15) is 0 Å². The Morgan fingerprint density at radius 2 is 1.08 bits per heavy atom. The van der Waals surface area contributed by atoms with Crippen LogP contribution < -0.4 is 4.90 Å². The van der Waals surface area contributed by atoms with Crippen molar-refractivity contribution in [2.45, 2.75) is 0 Å². The van der Waals surface area contributed by atoms with E-state index in [9.17, 15) is 0 Å². The summed E-state index contributed by atoms with van der Waals surface area (Å²) in [5, 5.41) is 5.17. The fourth-order valence-corrected chi connectivity index (χ4v) is 6.21. The van der Waals surface area contributed by atoms with E-state index in [1.165, 1.54) is 42.1 Å². The normalized spacial score (nSPS) is 11.3. The number of fused-ring (bicyclic) bond motifs is 4.